The van der Waals surface area contributed by atoms with Crippen molar-refractivity contribution in [3.63, 3.8) is 0 Å². The average Bonchev–Trinajstić information content (AvgIpc) is 2.32. The number of rotatable bonds is 3. The van der Waals surface area contributed by atoms with E-state index < -0.39 is 12.3 Å². The van der Waals surface area contributed by atoms with Crippen LogP contribution in [0.3, 0.4) is 0 Å². The minimum absolute atomic E-state index is 0.207. The Morgan fingerprint density at radius 1 is 1.39 bits per heavy atom. The van der Waals surface area contributed by atoms with Crippen molar-refractivity contribution in [1.82, 2.24) is 0 Å². The molecule has 1 saturated carbocycles. The van der Waals surface area contributed by atoms with E-state index in [4.69, 9.17) is 5.26 Å². The molecule has 2 rings (SSSR count). The molecule has 0 aliphatic heterocycles. The van der Waals surface area contributed by atoms with Gasteiger partial charge in [0, 0.05) is 6.04 Å². The van der Waals surface area contributed by atoms with Crippen molar-refractivity contribution in [1.29, 1.82) is 5.26 Å². The number of nitrogens with zero attached hydrogens (tertiary/aromatic N) is 2. The van der Waals surface area contributed by atoms with Gasteiger partial charge in [-0.3, -0.25) is 4.79 Å². The maximum absolute atomic E-state index is 12.6. The Balaban J connectivity index is 2.40. The van der Waals surface area contributed by atoms with Gasteiger partial charge in [-0.05, 0) is 31.4 Å². The van der Waals surface area contributed by atoms with Crippen LogP contribution in [0.25, 0.3) is 0 Å². The van der Waals surface area contributed by atoms with Crippen molar-refractivity contribution < 1.29 is 13.6 Å². The molecule has 0 atom stereocenters. The highest BCUT2D eigenvalue weighted by molar-refractivity contribution is 5.97. The van der Waals surface area contributed by atoms with Crippen LogP contribution in [0.1, 0.15) is 24.8 Å². The molecule has 1 aliphatic rings. The first kappa shape index (κ1) is 12.5. The molecule has 1 fully saturated rings. The number of hydrogen-bond donors (Lipinski definition) is 0. The fourth-order valence-electron chi connectivity index (χ4n) is 2.02. The van der Waals surface area contributed by atoms with Crippen LogP contribution in [0.4, 0.5) is 14.5 Å². The first-order valence-corrected chi connectivity index (χ1v) is 5.75. The zero-order valence-corrected chi connectivity index (χ0v) is 9.64. The third kappa shape index (κ3) is 2.19. The summed E-state index contributed by atoms with van der Waals surface area (Å²) in [6.45, 7) is 0. The molecule has 0 saturated heterocycles. The van der Waals surface area contributed by atoms with Gasteiger partial charge in [-0.15, -0.1) is 0 Å². The lowest BCUT2D eigenvalue weighted by molar-refractivity contribution is -0.129. The lowest BCUT2D eigenvalue weighted by atomic mass is 9.90. The largest absolute Gasteiger partial charge is 0.316 e. The summed E-state index contributed by atoms with van der Waals surface area (Å²) in [5.41, 5.74) is 0.536. The second-order valence-electron chi connectivity index (χ2n) is 4.22. The number of carbonyl (C=O) groups is 1. The third-order valence-electron chi connectivity index (χ3n) is 3.15. The first-order chi connectivity index (χ1) is 8.65. The number of nitriles is 1. The van der Waals surface area contributed by atoms with E-state index in [1.54, 1.807) is 12.1 Å². The number of alkyl halides is 2. The van der Waals surface area contributed by atoms with Crippen LogP contribution in [0.15, 0.2) is 24.3 Å². The van der Waals surface area contributed by atoms with Crippen molar-refractivity contribution in [2.45, 2.75) is 31.7 Å². The van der Waals surface area contributed by atoms with Gasteiger partial charge in [0.2, 0.25) is 0 Å². The summed E-state index contributed by atoms with van der Waals surface area (Å²) in [5.74, 6) is -1.22. The Hall–Kier alpha value is -1.96. The summed E-state index contributed by atoms with van der Waals surface area (Å²) < 4.78 is 25.3. The Labute approximate surface area is 104 Å². The maximum atomic E-state index is 12.6. The molecule has 1 aromatic rings. The Morgan fingerprint density at radius 2 is 2.06 bits per heavy atom. The van der Waals surface area contributed by atoms with E-state index in [2.05, 4.69) is 0 Å². The summed E-state index contributed by atoms with van der Waals surface area (Å²) in [7, 11) is 0. The van der Waals surface area contributed by atoms with E-state index in [1.165, 1.54) is 12.1 Å². The fourth-order valence-corrected chi connectivity index (χ4v) is 2.02. The second-order valence-corrected chi connectivity index (χ2v) is 4.22. The van der Waals surface area contributed by atoms with E-state index in [1.807, 2.05) is 6.07 Å². The van der Waals surface area contributed by atoms with E-state index in [9.17, 15) is 13.6 Å². The van der Waals surface area contributed by atoms with Gasteiger partial charge in [-0.1, -0.05) is 12.1 Å². The van der Waals surface area contributed by atoms with Crippen LogP contribution in [0.2, 0.25) is 0 Å². The van der Waals surface area contributed by atoms with Gasteiger partial charge < -0.3 is 4.90 Å². The third-order valence-corrected chi connectivity index (χ3v) is 3.15. The summed E-state index contributed by atoms with van der Waals surface area (Å²) >= 11 is 0. The highest BCUT2D eigenvalue weighted by atomic mass is 19.3. The van der Waals surface area contributed by atoms with Crippen molar-refractivity contribution in [3.05, 3.63) is 29.8 Å². The summed E-state index contributed by atoms with van der Waals surface area (Å²) in [4.78, 5) is 12.7. The average molecular weight is 250 g/mol. The maximum Gasteiger partial charge on any atom is 0.316 e. The molecule has 94 valence electrons. The Bertz CT molecular complexity index is 492. The van der Waals surface area contributed by atoms with Crippen molar-refractivity contribution in [2.75, 3.05) is 4.90 Å². The zero-order valence-electron chi connectivity index (χ0n) is 9.64. The highest BCUT2D eigenvalue weighted by Gasteiger charge is 2.35. The summed E-state index contributed by atoms with van der Waals surface area (Å²) in [6.07, 6.45) is -0.708. The number of hydrogen-bond acceptors (Lipinski definition) is 2. The molecule has 0 heterocycles. The van der Waals surface area contributed by atoms with E-state index in [0.717, 1.165) is 11.3 Å². The minimum Gasteiger partial charge on any atom is -0.303 e. The number of benzene rings is 1. The predicted molar refractivity (Wildman–Crippen MR) is 62.3 cm³/mol. The van der Waals surface area contributed by atoms with Gasteiger partial charge >= 0.3 is 6.43 Å². The number of amides is 1. The molecule has 0 radical (unpaired) electrons. The number of anilines is 1. The highest BCUT2D eigenvalue weighted by Crippen LogP contribution is 2.32. The Kier molecular flexibility index (Phi) is 3.56. The van der Waals surface area contributed by atoms with Crippen LogP contribution < -0.4 is 4.90 Å². The van der Waals surface area contributed by atoms with Crippen LogP contribution in [0.5, 0.6) is 0 Å². The number of carbonyl (C=O) groups excluding carboxylic acids is 1. The smallest absolute Gasteiger partial charge is 0.303 e. The van der Waals surface area contributed by atoms with Crippen molar-refractivity contribution >= 4 is 11.6 Å². The van der Waals surface area contributed by atoms with Gasteiger partial charge in [0.1, 0.15) is 6.07 Å². The molecular weight excluding hydrogens is 238 g/mol. The SMILES string of the molecule is N#Cc1ccccc1N(C(=O)C(F)F)C1CCC1. The van der Waals surface area contributed by atoms with Gasteiger partial charge in [0.05, 0.1) is 11.3 Å². The lowest BCUT2D eigenvalue weighted by Crippen LogP contribution is -2.47. The normalized spacial score (nSPS) is 15.0. The molecule has 5 heteroatoms. The van der Waals surface area contributed by atoms with Gasteiger partial charge in [0.15, 0.2) is 0 Å². The minimum atomic E-state index is -3.04. The van der Waals surface area contributed by atoms with Gasteiger partial charge in [-0.2, -0.15) is 14.0 Å². The predicted octanol–water partition coefficient (Wildman–Crippen LogP) is 2.71. The van der Waals surface area contributed by atoms with Gasteiger partial charge in [-0.25, -0.2) is 0 Å². The molecule has 0 N–H and O–H groups in total. The monoisotopic (exact) mass is 250 g/mol. The fraction of sp³-hybridized carbons (Fsp3) is 0.385. The molecule has 0 aromatic heterocycles. The molecule has 18 heavy (non-hydrogen) atoms. The van der Waals surface area contributed by atoms with E-state index in [-0.39, 0.29) is 17.3 Å². The molecule has 1 amide bonds. The summed E-state index contributed by atoms with van der Waals surface area (Å²) in [6, 6.07) is 8.08. The second kappa shape index (κ2) is 5.13. The zero-order chi connectivity index (χ0) is 13.1. The molecule has 0 spiro atoms. The van der Waals surface area contributed by atoms with E-state index >= 15 is 0 Å². The van der Waals surface area contributed by atoms with Crippen molar-refractivity contribution in [3.8, 4) is 6.07 Å². The van der Waals surface area contributed by atoms with Crippen LogP contribution in [0, 0.1) is 11.3 Å². The summed E-state index contributed by atoms with van der Waals surface area (Å²) in [5, 5.41) is 8.98. The first-order valence-electron chi connectivity index (χ1n) is 5.75. The van der Waals surface area contributed by atoms with Crippen LogP contribution >= 0.6 is 0 Å². The van der Waals surface area contributed by atoms with E-state index in [0.29, 0.717) is 12.8 Å². The Morgan fingerprint density at radius 3 is 2.56 bits per heavy atom. The van der Waals surface area contributed by atoms with Crippen molar-refractivity contribution in [2.24, 2.45) is 0 Å². The van der Waals surface area contributed by atoms with Gasteiger partial charge in [0.25, 0.3) is 5.91 Å². The quantitative estimate of drug-likeness (QED) is 0.827. The molecule has 0 bridgehead atoms. The molecule has 3 nitrogen and oxygen atoms in total. The molecule has 0 unspecified atom stereocenters. The molecular formula is C13H12F2N2O. The molecule has 1 aliphatic carbocycles. The lowest BCUT2D eigenvalue weighted by Gasteiger charge is -2.37. The standard InChI is InChI=1S/C13H12F2N2O/c14-12(15)13(18)17(10-5-3-6-10)11-7-2-1-4-9(11)8-16/h1-2,4,7,10,12H,3,5-6H2. The number of halogens is 2. The van der Waals surface area contributed by atoms with Crippen LogP contribution in [-0.2, 0) is 4.79 Å². The topological polar surface area (TPSA) is 44.1 Å². The number of para-hydroxylation sites is 1. The molecule has 1 aromatic carbocycles. The van der Waals surface area contributed by atoms with Crippen LogP contribution in [-0.4, -0.2) is 18.4 Å².